The molecule has 0 amide bonds. The van der Waals surface area contributed by atoms with Gasteiger partial charge in [0.05, 0.1) is 5.01 Å². The lowest BCUT2D eigenvalue weighted by molar-refractivity contribution is 0.518. The van der Waals surface area contributed by atoms with Gasteiger partial charge in [0, 0.05) is 21.6 Å². The Morgan fingerprint density at radius 3 is 2.85 bits per heavy atom. The van der Waals surface area contributed by atoms with Crippen molar-refractivity contribution in [3.05, 3.63) is 50.1 Å². The van der Waals surface area contributed by atoms with Gasteiger partial charge in [-0.2, -0.15) is 0 Å². The van der Waals surface area contributed by atoms with E-state index in [0.717, 1.165) is 28.0 Å². The molecule has 0 aliphatic carbocycles. The minimum Gasteiger partial charge on any atom is -0.309 e. The first-order valence-corrected chi connectivity index (χ1v) is 8.30. The summed E-state index contributed by atoms with van der Waals surface area (Å²) in [5.74, 6) is -0.163. The van der Waals surface area contributed by atoms with Crippen LogP contribution in [0.2, 0.25) is 0 Å². The minimum absolute atomic E-state index is 0.122. The number of halogens is 2. The van der Waals surface area contributed by atoms with Gasteiger partial charge in [-0.05, 0) is 44.0 Å². The van der Waals surface area contributed by atoms with Gasteiger partial charge >= 0.3 is 0 Å². The summed E-state index contributed by atoms with van der Waals surface area (Å²) in [4.78, 5) is 5.47. The van der Waals surface area contributed by atoms with Crippen LogP contribution in [0.1, 0.15) is 34.8 Å². The van der Waals surface area contributed by atoms with Crippen molar-refractivity contribution in [1.82, 2.24) is 10.3 Å². The third-order valence-electron chi connectivity index (χ3n) is 3.06. The number of aromatic nitrogens is 1. The molecule has 0 saturated carbocycles. The number of rotatable bonds is 6. The smallest absolute Gasteiger partial charge is 0.127 e. The fourth-order valence-electron chi connectivity index (χ4n) is 2.04. The summed E-state index contributed by atoms with van der Waals surface area (Å²) in [6, 6.07) is 5.36. The molecule has 2 rings (SSSR count). The van der Waals surface area contributed by atoms with E-state index in [9.17, 15) is 4.39 Å². The molecule has 1 aromatic heterocycles. The Labute approximate surface area is 131 Å². The highest BCUT2D eigenvalue weighted by Crippen LogP contribution is 2.26. The number of thiazole rings is 1. The first kappa shape index (κ1) is 15.6. The number of nitrogens with zero attached hydrogens (tertiary/aromatic N) is 1. The third-order valence-corrected chi connectivity index (χ3v) is 4.58. The zero-order valence-corrected chi connectivity index (χ0v) is 14.0. The Balaban J connectivity index is 2.18. The van der Waals surface area contributed by atoms with E-state index in [2.05, 4.69) is 33.2 Å². The van der Waals surface area contributed by atoms with Crippen LogP contribution in [0.5, 0.6) is 0 Å². The van der Waals surface area contributed by atoms with Crippen molar-refractivity contribution in [2.75, 3.05) is 6.54 Å². The topological polar surface area (TPSA) is 24.9 Å². The van der Waals surface area contributed by atoms with Crippen LogP contribution < -0.4 is 5.32 Å². The van der Waals surface area contributed by atoms with Crippen molar-refractivity contribution in [3.63, 3.8) is 0 Å². The van der Waals surface area contributed by atoms with E-state index in [1.54, 1.807) is 11.3 Å². The third kappa shape index (κ3) is 4.11. The first-order chi connectivity index (χ1) is 9.60. The van der Waals surface area contributed by atoms with Crippen LogP contribution in [-0.4, -0.2) is 11.5 Å². The molecule has 0 saturated heterocycles. The van der Waals surface area contributed by atoms with Crippen LogP contribution in [0.25, 0.3) is 0 Å². The van der Waals surface area contributed by atoms with E-state index in [4.69, 9.17) is 0 Å². The average molecular weight is 357 g/mol. The largest absolute Gasteiger partial charge is 0.309 e. The number of aryl methyl sites for hydroxylation is 1. The molecule has 1 aromatic carbocycles. The number of benzene rings is 1. The standard InChI is InChI=1S/C15H18BrFN2S/c1-3-6-18-14(15-9-19-10(2)20-15)7-11-4-5-12(16)8-13(11)17/h4-5,8-9,14,18H,3,6-7H2,1-2H3. The maximum atomic E-state index is 14.0. The lowest BCUT2D eigenvalue weighted by atomic mass is 10.0. The fraction of sp³-hybridized carbons (Fsp3) is 0.400. The first-order valence-electron chi connectivity index (χ1n) is 6.69. The monoisotopic (exact) mass is 356 g/mol. The number of hydrogen-bond acceptors (Lipinski definition) is 3. The van der Waals surface area contributed by atoms with Gasteiger partial charge in [0.15, 0.2) is 0 Å². The minimum atomic E-state index is -0.163. The number of hydrogen-bond donors (Lipinski definition) is 1. The average Bonchev–Trinajstić information content (AvgIpc) is 2.83. The van der Waals surface area contributed by atoms with Crippen LogP contribution in [0.3, 0.4) is 0 Å². The van der Waals surface area contributed by atoms with Gasteiger partial charge in [-0.25, -0.2) is 9.37 Å². The number of nitrogens with one attached hydrogen (secondary N) is 1. The highest BCUT2D eigenvalue weighted by Gasteiger charge is 2.16. The lowest BCUT2D eigenvalue weighted by Gasteiger charge is -2.17. The highest BCUT2D eigenvalue weighted by atomic mass is 79.9. The van der Waals surface area contributed by atoms with Gasteiger partial charge in [0.1, 0.15) is 5.82 Å². The van der Waals surface area contributed by atoms with Crippen molar-refractivity contribution in [2.45, 2.75) is 32.7 Å². The second-order valence-electron chi connectivity index (χ2n) is 4.73. The van der Waals surface area contributed by atoms with Crippen molar-refractivity contribution < 1.29 is 4.39 Å². The molecule has 1 unspecified atom stereocenters. The molecule has 1 N–H and O–H groups in total. The van der Waals surface area contributed by atoms with Gasteiger partial charge in [0.2, 0.25) is 0 Å². The Morgan fingerprint density at radius 2 is 2.25 bits per heavy atom. The Hall–Kier alpha value is -0.780. The normalized spacial score (nSPS) is 12.6. The van der Waals surface area contributed by atoms with Crippen LogP contribution in [0, 0.1) is 12.7 Å². The molecule has 2 nitrogen and oxygen atoms in total. The Bertz CT molecular complexity index is 571. The molecule has 0 fully saturated rings. The second-order valence-corrected chi connectivity index (χ2v) is 6.91. The summed E-state index contributed by atoms with van der Waals surface area (Å²) in [6.07, 6.45) is 3.59. The zero-order chi connectivity index (χ0) is 14.5. The van der Waals surface area contributed by atoms with Crippen molar-refractivity contribution in [3.8, 4) is 0 Å². The fourth-order valence-corrected chi connectivity index (χ4v) is 3.23. The Kier molecular flexibility index (Phi) is 5.69. The van der Waals surface area contributed by atoms with E-state index in [1.807, 2.05) is 25.3 Å². The van der Waals surface area contributed by atoms with E-state index in [-0.39, 0.29) is 11.9 Å². The second kappa shape index (κ2) is 7.29. The molecule has 2 aromatic rings. The van der Waals surface area contributed by atoms with Crippen LogP contribution in [-0.2, 0) is 6.42 Å². The molecular formula is C15H18BrFN2S. The molecular weight excluding hydrogens is 339 g/mol. The quantitative estimate of drug-likeness (QED) is 0.815. The molecule has 0 bridgehead atoms. The van der Waals surface area contributed by atoms with Gasteiger partial charge in [-0.3, -0.25) is 0 Å². The zero-order valence-electron chi connectivity index (χ0n) is 11.6. The summed E-state index contributed by atoms with van der Waals surface area (Å²) >= 11 is 4.96. The maximum Gasteiger partial charge on any atom is 0.127 e. The molecule has 5 heteroatoms. The summed E-state index contributed by atoms with van der Waals surface area (Å²) in [7, 11) is 0. The SMILES string of the molecule is CCCNC(Cc1ccc(Br)cc1F)c1cnc(C)s1. The van der Waals surface area contributed by atoms with Gasteiger partial charge < -0.3 is 5.32 Å². The lowest BCUT2D eigenvalue weighted by Crippen LogP contribution is -2.23. The predicted molar refractivity (Wildman–Crippen MR) is 85.7 cm³/mol. The van der Waals surface area contributed by atoms with Crippen LogP contribution >= 0.6 is 27.3 Å². The summed E-state index contributed by atoms with van der Waals surface area (Å²) in [6.45, 7) is 5.03. The Morgan fingerprint density at radius 1 is 1.45 bits per heavy atom. The summed E-state index contributed by atoms with van der Waals surface area (Å²) < 4.78 is 14.8. The van der Waals surface area contributed by atoms with Crippen LogP contribution in [0.15, 0.2) is 28.9 Å². The van der Waals surface area contributed by atoms with Crippen molar-refractivity contribution >= 4 is 27.3 Å². The maximum absolute atomic E-state index is 14.0. The van der Waals surface area contributed by atoms with Crippen molar-refractivity contribution in [1.29, 1.82) is 0 Å². The van der Waals surface area contributed by atoms with E-state index >= 15 is 0 Å². The molecule has 1 heterocycles. The predicted octanol–water partition coefficient (Wildman–Crippen LogP) is 4.64. The molecule has 0 aliphatic heterocycles. The van der Waals surface area contributed by atoms with Gasteiger partial charge in [-0.1, -0.05) is 28.9 Å². The van der Waals surface area contributed by atoms with Crippen LogP contribution in [0.4, 0.5) is 4.39 Å². The summed E-state index contributed by atoms with van der Waals surface area (Å²) in [5.41, 5.74) is 0.729. The molecule has 0 aliphatic rings. The highest BCUT2D eigenvalue weighted by molar-refractivity contribution is 9.10. The van der Waals surface area contributed by atoms with Gasteiger partial charge in [-0.15, -0.1) is 11.3 Å². The molecule has 108 valence electrons. The van der Waals surface area contributed by atoms with E-state index < -0.39 is 0 Å². The molecule has 20 heavy (non-hydrogen) atoms. The molecule has 1 atom stereocenters. The molecule has 0 spiro atoms. The van der Waals surface area contributed by atoms with Gasteiger partial charge in [0.25, 0.3) is 0 Å². The molecule has 0 radical (unpaired) electrons. The van der Waals surface area contributed by atoms with E-state index in [0.29, 0.717) is 6.42 Å². The van der Waals surface area contributed by atoms with Crippen molar-refractivity contribution in [2.24, 2.45) is 0 Å². The summed E-state index contributed by atoms with van der Waals surface area (Å²) in [5, 5.41) is 4.52. The van der Waals surface area contributed by atoms with E-state index in [1.165, 1.54) is 10.9 Å².